The molecule has 0 radical (unpaired) electrons. The van der Waals surface area contributed by atoms with E-state index < -0.39 is 17.4 Å². The molecule has 0 atom stereocenters. The monoisotopic (exact) mass is 225 g/mol. The van der Waals surface area contributed by atoms with Gasteiger partial charge in [0.15, 0.2) is 0 Å². The Labute approximate surface area is 83.4 Å². The third-order valence-electron chi connectivity index (χ3n) is 1.64. The van der Waals surface area contributed by atoms with Gasteiger partial charge in [-0.1, -0.05) is 11.6 Å². The second-order valence-electron chi connectivity index (χ2n) is 2.57. The standard InChI is InChI=1S/C8H7ClF3NO/c1-14-4-2-5(8(10,11)12)7(13)6(9)3-4/h2-3H,13H2,1H3. The lowest BCUT2D eigenvalue weighted by Crippen LogP contribution is -2.09. The molecule has 0 aromatic heterocycles. The summed E-state index contributed by atoms with van der Waals surface area (Å²) in [6.45, 7) is 0. The molecule has 0 saturated heterocycles. The fourth-order valence-corrected chi connectivity index (χ4v) is 1.15. The van der Waals surface area contributed by atoms with Crippen molar-refractivity contribution >= 4 is 17.3 Å². The van der Waals surface area contributed by atoms with Gasteiger partial charge in [-0.05, 0) is 6.07 Å². The number of hydrogen-bond acceptors (Lipinski definition) is 2. The van der Waals surface area contributed by atoms with Gasteiger partial charge in [0.2, 0.25) is 0 Å². The number of ether oxygens (including phenoxy) is 1. The number of benzene rings is 1. The summed E-state index contributed by atoms with van der Waals surface area (Å²) < 4.78 is 41.7. The highest BCUT2D eigenvalue weighted by atomic mass is 35.5. The molecule has 2 N–H and O–H groups in total. The molecule has 0 fully saturated rings. The predicted octanol–water partition coefficient (Wildman–Crippen LogP) is 2.95. The van der Waals surface area contributed by atoms with Gasteiger partial charge in [0.05, 0.1) is 23.4 Å². The maximum Gasteiger partial charge on any atom is 0.418 e. The Morgan fingerprint density at radius 3 is 2.36 bits per heavy atom. The molecule has 2 nitrogen and oxygen atoms in total. The van der Waals surface area contributed by atoms with Crippen LogP contribution in [-0.2, 0) is 6.18 Å². The summed E-state index contributed by atoms with van der Waals surface area (Å²) in [5, 5.41) is -0.170. The molecule has 0 saturated carbocycles. The van der Waals surface area contributed by atoms with Crippen molar-refractivity contribution in [2.75, 3.05) is 12.8 Å². The molecular weight excluding hydrogens is 219 g/mol. The first-order valence-corrected chi connectivity index (χ1v) is 3.94. The Bertz CT molecular complexity index is 351. The molecule has 1 rings (SSSR count). The molecule has 1 aromatic carbocycles. The van der Waals surface area contributed by atoms with E-state index in [9.17, 15) is 13.2 Å². The lowest BCUT2D eigenvalue weighted by atomic mass is 10.1. The SMILES string of the molecule is COc1cc(Cl)c(N)c(C(F)(F)F)c1. The fourth-order valence-electron chi connectivity index (χ4n) is 0.945. The Kier molecular flexibility index (Phi) is 2.80. The van der Waals surface area contributed by atoms with Crippen molar-refractivity contribution in [3.05, 3.63) is 22.7 Å². The molecule has 0 aliphatic heterocycles. The molecule has 0 heterocycles. The number of nitrogens with two attached hydrogens (primary N) is 1. The lowest BCUT2D eigenvalue weighted by molar-refractivity contribution is -0.137. The summed E-state index contributed by atoms with van der Waals surface area (Å²) in [6, 6.07) is 2.04. The van der Waals surface area contributed by atoms with Gasteiger partial charge >= 0.3 is 6.18 Å². The summed E-state index contributed by atoms with van der Waals surface area (Å²) in [5.74, 6) is 0.0246. The zero-order valence-electron chi connectivity index (χ0n) is 7.15. The van der Waals surface area contributed by atoms with Crippen LogP contribution < -0.4 is 10.5 Å². The molecule has 14 heavy (non-hydrogen) atoms. The average molecular weight is 226 g/mol. The normalized spacial score (nSPS) is 11.5. The molecular formula is C8H7ClF3NO. The van der Waals surface area contributed by atoms with E-state index in [2.05, 4.69) is 4.74 Å². The molecule has 0 aliphatic rings. The van der Waals surface area contributed by atoms with Crippen LogP contribution in [-0.4, -0.2) is 7.11 Å². The van der Waals surface area contributed by atoms with Crippen molar-refractivity contribution in [3.63, 3.8) is 0 Å². The largest absolute Gasteiger partial charge is 0.497 e. The van der Waals surface area contributed by atoms with Crippen molar-refractivity contribution in [1.82, 2.24) is 0 Å². The molecule has 78 valence electrons. The van der Waals surface area contributed by atoms with Crippen LogP contribution in [0, 0.1) is 0 Å². The van der Waals surface area contributed by atoms with E-state index >= 15 is 0 Å². The first kappa shape index (κ1) is 11.0. The Hall–Kier alpha value is -1.10. The van der Waals surface area contributed by atoms with E-state index in [1.54, 1.807) is 0 Å². The fraction of sp³-hybridized carbons (Fsp3) is 0.250. The summed E-state index contributed by atoms with van der Waals surface area (Å²) in [7, 11) is 1.25. The van der Waals surface area contributed by atoms with Gasteiger partial charge in [-0.15, -0.1) is 0 Å². The minimum Gasteiger partial charge on any atom is -0.497 e. The smallest absolute Gasteiger partial charge is 0.418 e. The first-order chi connectivity index (χ1) is 6.36. The van der Waals surface area contributed by atoms with Crippen molar-refractivity contribution in [1.29, 1.82) is 0 Å². The lowest BCUT2D eigenvalue weighted by Gasteiger charge is -2.12. The Balaban J connectivity index is 3.35. The first-order valence-electron chi connectivity index (χ1n) is 3.56. The molecule has 0 bridgehead atoms. The molecule has 0 spiro atoms. The van der Waals surface area contributed by atoms with Gasteiger partial charge in [-0.3, -0.25) is 0 Å². The minimum atomic E-state index is -4.53. The molecule has 1 aromatic rings. The van der Waals surface area contributed by atoms with Crippen LogP contribution in [0.25, 0.3) is 0 Å². The summed E-state index contributed by atoms with van der Waals surface area (Å²) in [6.07, 6.45) is -4.53. The van der Waals surface area contributed by atoms with Crippen LogP contribution in [0.5, 0.6) is 5.75 Å². The van der Waals surface area contributed by atoms with Gasteiger partial charge in [0.25, 0.3) is 0 Å². The van der Waals surface area contributed by atoms with E-state index in [4.69, 9.17) is 17.3 Å². The average Bonchev–Trinajstić information content (AvgIpc) is 2.07. The number of methoxy groups -OCH3 is 1. The highest BCUT2D eigenvalue weighted by molar-refractivity contribution is 6.33. The number of alkyl halides is 3. The number of anilines is 1. The van der Waals surface area contributed by atoms with Gasteiger partial charge in [0.1, 0.15) is 5.75 Å². The molecule has 0 aliphatic carbocycles. The third-order valence-corrected chi connectivity index (χ3v) is 1.96. The molecule has 0 amide bonds. The van der Waals surface area contributed by atoms with Gasteiger partial charge < -0.3 is 10.5 Å². The summed E-state index contributed by atoms with van der Waals surface area (Å²) in [4.78, 5) is 0. The zero-order chi connectivity index (χ0) is 10.9. The summed E-state index contributed by atoms with van der Waals surface area (Å²) >= 11 is 5.50. The van der Waals surface area contributed by atoms with E-state index in [0.717, 1.165) is 6.07 Å². The minimum absolute atomic E-state index is 0.0246. The second kappa shape index (κ2) is 3.57. The summed E-state index contributed by atoms with van der Waals surface area (Å²) in [5.41, 5.74) is 3.71. The predicted molar refractivity (Wildman–Crippen MR) is 47.4 cm³/mol. The van der Waals surface area contributed by atoms with Crippen LogP contribution in [0.4, 0.5) is 18.9 Å². The van der Waals surface area contributed by atoms with Crippen LogP contribution in [0.3, 0.4) is 0 Å². The Morgan fingerprint density at radius 1 is 1.36 bits per heavy atom. The Morgan fingerprint density at radius 2 is 1.93 bits per heavy atom. The van der Waals surface area contributed by atoms with Crippen LogP contribution in [0.15, 0.2) is 12.1 Å². The second-order valence-corrected chi connectivity index (χ2v) is 2.98. The van der Waals surface area contributed by atoms with Gasteiger partial charge in [0, 0.05) is 6.07 Å². The third kappa shape index (κ3) is 2.04. The quantitative estimate of drug-likeness (QED) is 0.746. The highest BCUT2D eigenvalue weighted by Crippen LogP contribution is 2.39. The number of halogens is 4. The number of nitrogen functional groups attached to an aromatic ring is 1. The van der Waals surface area contributed by atoms with E-state index in [1.807, 2.05) is 0 Å². The van der Waals surface area contributed by atoms with Crippen molar-refractivity contribution in [3.8, 4) is 5.75 Å². The van der Waals surface area contributed by atoms with Crippen molar-refractivity contribution in [2.24, 2.45) is 0 Å². The molecule has 6 heteroatoms. The maximum absolute atomic E-state index is 12.4. The van der Waals surface area contributed by atoms with E-state index in [0.29, 0.717) is 0 Å². The van der Waals surface area contributed by atoms with Crippen LogP contribution >= 0.6 is 11.6 Å². The maximum atomic E-state index is 12.4. The van der Waals surface area contributed by atoms with Crippen molar-refractivity contribution in [2.45, 2.75) is 6.18 Å². The molecule has 0 unspecified atom stereocenters. The number of hydrogen-bond donors (Lipinski definition) is 1. The topological polar surface area (TPSA) is 35.2 Å². The number of rotatable bonds is 1. The van der Waals surface area contributed by atoms with E-state index in [1.165, 1.54) is 13.2 Å². The van der Waals surface area contributed by atoms with E-state index in [-0.39, 0.29) is 10.8 Å². The zero-order valence-corrected chi connectivity index (χ0v) is 7.91. The van der Waals surface area contributed by atoms with Crippen LogP contribution in [0.1, 0.15) is 5.56 Å². The highest BCUT2D eigenvalue weighted by Gasteiger charge is 2.34. The van der Waals surface area contributed by atoms with Gasteiger partial charge in [-0.2, -0.15) is 13.2 Å². The van der Waals surface area contributed by atoms with Crippen molar-refractivity contribution < 1.29 is 17.9 Å². The van der Waals surface area contributed by atoms with Crippen LogP contribution in [0.2, 0.25) is 5.02 Å². The van der Waals surface area contributed by atoms with Gasteiger partial charge in [-0.25, -0.2) is 0 Å².